The van der Waals surface area contributed by atoms with E-state index >= 15 is 0 Å². The third kappa shape index (κ3) is 10.2. The molecule has 2 heterocycles. The van der Waals surface area contributed by atoms with Crippen LogP contribution >= 0.6 is 0 Å². The predicted molar refractivity (Wildman–Crippen MR) is 166 cm³/mol. The van der Waals surface area contributed by atoms with Crippen LogP contribution < -0.4 is 14.4 Å². The Morgan fingerprint density at radius 1 is 0.824 bits per heavy atom. The highest BCUT2D eigenvalue weighted by Crippen LogP contribution is 2.40. The molecule has 0 amide bonds. The van der Waals surface area contributed by atoms with E-state index in [4.69, 9.17) is 14.6 Å². The zero-order valence-electron chi connectivity index (χ0n) is 27.2. The number of hydrogen-bond donors (Lipinski definition) is 1. The summed E-state index contributed by atoms with van der Waals surface area (Å²) in [6, 6.07) is 6.96. The van der Waals surface area contributed by atoms with E-state index in [0.29, 0.717) is 17.8 Å². The summed E-state index contributed by atoms with van der Waals surface area (Å²) in [5.41, 5.74) is -4.00. The number of aromatic nitrogens is 3. The smallest absolute Gasteiger partial charge is 0.416 e. The number of rotatable bonds is 13. The van der Waals surface area contributed by atoms with Crippen LogP contribution in [0.2, 0.25) is 0 Å². The van der Waals surface area contributed by atoms with Gasteiger partial charge in [-0.2, -0.15) is 39.5 Å². The summed E-state index contributed by atoms with van der Waals surface area (Å²) in [4.78, 5) is 24.8. The number of alkyl halides is 9. The van der Waals surface area contributed by atoms with Crippen molar-refractivity contribution in [2.24, 2.45) is 0 Å². The van der Waals surface area contributed by atoms with Gasteiger partial charge in [-0.15, -0.1) is 0 Å². The number of methoxy groups -OCH3 is 1. The second-order valence-electron chi connectivity index (χ2n) is 11.6. The molecule has 4 rings (SSSR count). The molecule has 8 nitrogen and oxygen atoms in total. The number of halogens is 9. The number of benzene rings is 2. The van der Waals surface area contributed by atoms with Gasteiger partial charge in [0, 0.05) is 30.8 Å². The second kappa shape index (κ2) is 15.4. The number of aliphatic carboxylic acids is 1. The molecule has 0 saturated carbocycles. The molecule has 0 atom stereocenters. The van der Waals surface area contributed by atoms with Crippen molar-refractivity contribution in [1.82, 2.24) is 15.0 Å². The molecule has 4 aromatic rings. The number of carboxylic acid groups (broad SMARTS) is 1. The molecule has 274 valence electrons. The summed E-state index contributed by atoms with van der Waals surface area (Å²) >= 11 is 0. The van der Waals surface area contributed by atoms with Crippen molar-refractivity contribution >= 4 is 11.9 Å². The molecule has 2 aromatic heterocycles. The second-order valence-corrected chi connectivity index (χ2v) is 11.6. The average Bonchev–Trinajstić information content (AvgIpc) is 3.05. The lowest BCUT2D eigenvalue weighted by Gasteiger charge is -2.26. The fourth-order valence-corrected chi connectivity index (χ4v) is 4.95. The van der Waals surface area contributed by atoms with Gasteiger partial charge in [-0.05, 0) is 65.9 Å². The Labute approximate surface area is 285 Å². The van der Waals surface area contributed by atoms with Crippen LogP contribution in [-0.4, -0.2) is 39.7 Å². The molecular weight excluding hydrogens is 699 g/mol. The lowest BCUT2D eigenvalue weighted by atomic mass is 9.98. The SMILES string of the molecule is COc1ccc(C(C)C)nc1-c1cc(C(F)(F)F)ccc1CN(Cc1cc(C(F)(F)F)cc(C(F)(F)F)c1)c1ncc(OCCCC(=O)O)cn1. The highest BCUT2D eigenvalue weighted by Gasteiger charge is 2.37. The summed E-state index contributed by atoms with van der Waals surface area (Å²) in [6.45, 7) is 2.54. The first-order valence-electron chi connectivity index (χ1n) is 15.2. The Morgan fingerprint density at radius 2 is 1.43 bits per heavy atom. The minimum Gasteiger partial charge on any atom is -0.494 e. The lowest BCUT2D eigenvalue weighted by molar-refractivity contribution is -0.143. The van der Waals surface area contributed by atoms with Crippen molar-refractivity contribution in [2.75, 3.05) is 18.6 Å². The van der Waals surface area contributed by atoms with Crippen LogP contribution in [0.15, 0.2) is 60.9 Å². The molecule has 2 aromatic carbocycles. The number of nitrogens with zero attached hydrogens (tertiary/aromatic N) is 4. The molecule has 0 unspecified atom stereocenters. The minimum absolute atomic E-state index is 0.0194. The lowest BCUT2D eigenvalue weighted by Crippen LogP contribution is -2.25. The highest BCUT2D eigenvalue weighted by molar-refractivity contribution is 5.71. The van der Waals surface area contributed by atoms with Crippen LogP contribution in [0.25, 0.3) is 11.3 Å². The zero-order valence-corrected chi connectivity index (χ0v) is 27.2. The van der Waals surface area contributed by atoms with Crippen LogP contribution in [0, 0.1) is 0 Å². The molecule has 17 heteroatoms. The number of carbonyl (C=O) groups is 1. The number of pyridine rings is 1. The van der Waals surface area contributed by atoms with Gasteiger partial charge in [0.25, 0.3) is 0 Å². The quantitative estimate of drug-likeness (QED) is 0.108. The third-order valence-electron chi connectivity index (χ3n) is 7.47. The van der Waals surface area contributed by atoms with E-state index in [-0.39, 0.29) is 65.7 Å². The Hall–Kier alpha value is -5.09. The van der Waals surface area contributed by atoms with Crippen LogP contribution in [0.5, 0.6) is 11.5 Å². The van der Waals surface area contributed by atoms with Crippen molar-refractivity contribution in [1.29, 1.82) is 0 Å². The molecule has 0 aliphatic rings. The number of ether oxygens (including phenoxy) is 2. The maximum Gasteiger partial charge on any atom is 0.416 e. The van der Waals surface area contributed by atoms with Crippen molar-refractivity contribution in [3.63, 3.8) is 0 Å². The summed E-state index contributed by atoms with van der Waals surface area (Å²) < 4.78 is 135. The first-order chi connectivity index (χ1) is 23.8. The maximum absolute atomic E-state index is 14.0. The van der Waals surface area contributed by atoms with Gasteiger partial charge in [-0.1, -0.05) is 19.9 Å². The number of hydrogen-bond acceptors (Lipinski definition) is 7. The van der Waals surface area contributed by atoms with Crippen LogP contribution in [0.3, 0.4) is 0 Å². The Morgan fingerprint density at radius 3 is 1.96 bits per heavy atom. The summed E-state index contributed by atoms with van der Waals surface area (Å²) in [5, 5.41) is 8.81. The monoisotopic (exact) mass is 730 g/mol. The fourth-order valence-electron chi connectivity index (χ4n) is 4.95. The van der Waals surface area contributed by atoms with Gasteiger partial charge >= 0.3 is 24.5 Å². The summed E-state index contributed by atoms with van der Waals surface area (Å²) in [7, 11) is 1.29. The molecule has 0 aliphatic carbocycles. The number of anilines is 1. The van der Waals surface area contributed by atoms with E-state index in [2.05, 4.69) is 15.0 Å². The molecule has 0 bridgehead atoms. The predicted octanol–water partition coefficient (Wildman–Crippen LogP) is 9.18. The molecule has 0 fully saturated rings. The fraction of sp³-hybridized carbons (Fsp3) is 0.353. The van der Waals surface area contributed by atoms with E-state index in [0.717, 1.165) is 30.6 Å². The largest absolute Gasteiger partial charge is 0.494 e. The summed E-state index contributed by atoms with van der Waals surface area (Å²) in [5.74, 6) is -1.23. The summed E-state index contributed by atoms with van der Waals surface area (Å²) in [6.07, 6.45) is -12.8. The zero-order chi connectivity index (χ0) is 37.7. The Balaban J connectivity index is 1.86. The van der Waals surface area contributed by atoms with Gasteiger partial charge in [0.15, 0.2) is 5.75 Å². The molecule has 0 radical (unpaired) electrons. The van der Waals surface area contributed by atoms with Gasteiger partial charge in [0.05, 0.1) is 42.8 Å². The van der Waals surface area contributed by atoms with Gasteiger partial charge < -0.3 is 19.5 Å². The molecular formula is C34H31F9N4O4. The van der Waals surface area contributed by atoms with Gasteiger partial charge in [0.2, 0.25) is 5.95 Å². The number of carboxylic acids is 1. The van der Waals surface area contributed by atoms with Gasteiger partial charge in [-0.25, -0.2) is 15.0 Å². The molecule has 0 spiro atoms. The minimum atomic E-state index is -5.14. The van der Waals surface area contributed by atoms with Crippen molar-refractivity contribution < 1.29 is 58.9 Å². The van der Waals surface area contributed by atoms with Gasteiger partial charge in [-0.3, -0.25) is 4.79 Å². The van der Waals surface area contributed by atoms with Gasteiger partial charge in [0.1, 0.15) is 11.4 Å². The Kier molecular flexibility index (Phi) is 11.7. The van der Waals surface area contributed by atoms with Crippen LogP contribution in [0.1, 0.15) is 66.1 Å². The van der Waals surface area contributed by atoms with Crippen LogP contribution in [-0.2, 0) is 36.4 Å². The molecule has 0 saturated heterocycles. The topological polar surface area (TPSA) is 97.7 Å². The van der Waals surface area contributed by atoms with E-state index in [1.165, 1.54) is 18.1 Å². The van der Waals surface area contributed by atoms with Crippen molar-refractivity contribution in [3.8, 4) is 22.8 Å². The van der Waals surface area contributed by atoms with E-state index in [9.17, 15) is 44.3 Å². The van der Waals surface area contributed by atoms with Crippen molar-refractivity contribution in [2.45, 2.75) is 64.2 Å². The van der Waals surface area contributed by atoms with E-state index in [1.807, 2.05) is 13.8 Å². The normalized spacial score (nSPS) is 12.3. The maximum atomic E-state index is 14.0. The first kappa shape index (κ1) is 38.7. The Bertz CT molecular complexity index is 1790. The molecule has 51 heavy (non-hydrogen) atoms. The first-order valence-corrected chi connectivity index (χ1v) is 15.2. The molecule has 0 aliphatic heterocycles. The standard InChI is InChI=1S/C34H31F9N4O4/c1-19(2)27-8-9-28(50-3)30(46-27)26-14-22(32(35,36)37)7-6-21(26)18-47(31-44-15-25(16-45-31)51-10-4-5-29(48)49)17-20-11-23(33(38,39)40)13-24(12-20)34(41,42)43/h6-9,11-16,19H,4-5,10,17-18H2,1-3H3,(H,48,49). The highest BCUT2D eigenvalue weighted by atomic mass is 19.4. The molecule has 1 N–H and O–H groups in total. The third-order valence-corrected chi connectivity index (χ3v) is 7.47. The van der Waals surface area contributed by atoms with Crippen molar-refractivity contribution in [3.05, 3.63) is 94.4 Å². The van der Waals surface area contributed by atoms with E-state index < -0.39 is 59.8 Å². The van der Waals surface area contributed by atoms with E-state index in [1.54, 1.807) is 6.07 Å². The average molecular weight is 731 g/mol. The van der Waals surface area contributed by atoms with Crippen LogP contribution in [0.4, 0.5) is 45.5 Å².